The molecule has 0 unspecified atom stereocenters. The number of ether oxygens (including phenoxy) is 2. The number of carbonyl (C=O) groups is 1. The number of carbonyl (C=O) groups excluding carboxylic acids is 1. The third-order valence-corrected chi connectivity index (χ3v) is 5.78. The van der Waals surface area contributed by atoms with Crippen molar-refractivity contribution >= 4 is 17.5 Å². The molecule has 1 heterocycles. The molecule has 0 aliphatic heterocycles. The van der Waals surface area contributed by atoms with E-state index in [-0.39, 0.29) is 17.6 Å². The summed E-state index contributed by atoms with van der Waals surface area (Å²) < 4.78 is 13.2. The Morgan fingerprint density at radius 1 is 1.03 bits per heavy atom. The molecular formula is C23H27N3O3S. The van der Waals surface area contributed by atoms with Crippen LogP contribution >= 0.6 is 11.8 Å². The number of benzene rings is 2. The highest BCUT2D eigenvalue weighted by Crippen LogP contribution is 2.25. The van der Waals surface area contributed by atoms with Gasteiger partial charge in [0.2, 0.25) is 0 Å². The Morgan fingerprint density at radius 2 is 1.70 bits per heavy atom. The van der Waals surface area contributed by atoms with Crippen LogP contribution in [0.5, 0.6) is 11.5 Å². The molecular weight excluding hydrogens is 398 g/mol. The monoisotopic (exact) mass is 425 g/mol. The molecule has 0 saturated heterocycles. The zero-order valence-electron chi connectivity index (χ0n) is 17.8. The number of methoxy groups -OCH3 is 1. The Hall–Kier alpha value is -2.80. The van der Waals surface area contributed by atoms with Crippen molar-refractivity contribution in [1.82, 2.24) is 14.8 Å². The largest absolute Gasteiger partial charge is 0.497 e. The highest BCUT2D eigenvalue weighted by Gasteiger charge is 2.19. The summed E-state index contributed by atoms with van der Waals surface area (Å²) in [6.45, 7) is 6.82. The van der Waals surface area contributed by atoms with Gasteiger partial charge in [0.05, 0.1) is 12.9 Å². The van der Waals surface area contributed by atoms with Crippen LogP contribution in [0.15, 0.2) is 53.7 Å². The maximum Gasteiger partial charge on any atom is 0.191 e. The third-order valence-electron chi connectivity index (χ3n) is 4.81. The number of thioether (sulfide) groups is 1. The van der Waals surface area contributed by atoms with E-state index in [0.717, 1.165) is 23.7 Å². The molecule has 3 aromatic rings. The number of hydrogen-bond acceptors (Lipinski definition) is 6. The number of aromatic nitrogens is 3. The average molecular weight is 426 g/mol. The van der Waals surface area contributed by atoms with E-state index in [0.29, 0.717) is 17.3 Å². The summed E-state index contributed by atoms with van der Waals surface area (Å²) in [4.78, 5) is 12.5. The first kappa shape index (κ1) is 21.9. The van der Waals surface area contributed by atoms with Crippen LogP contribution in [-0.4, -0.2) is 33.4 Å². The van der Waals surface area contributed by atoms with Gasteiger partial charge < -0.3 is 14.0 Å². The molecule has 0 fully saturated rings. The quantitative estimate of drug-likeness (QED) is 0.337. The number of ketones is 1. The van der Waals surface area contributed by atoms with Gasteiger partial charge in [-0.15, -0.1) is 10.2 Å². The lowest BCUT2D eigenvalue weighted by Gasteiger charge is -2.15. The van der Waals surface area contributed by atoms with Crippen LogP contribution in [0.1, 0.15) is 48.6 Å². The smallest absolute Gasteiger partial charge is 0.191 e. The molecule has 3 rings (SSSR count). The topological polar surface area (TPSA) is 66.2 Å². The number of aryl methyl sites for hydroxylation is 1. The van der Waals surface area contributed by atoms with Crippen LogP contribution in [-0.2, 0) is 13.0 Å². The molecule has 2 aromatic carbocycles. The zero-order chi connectivity index (χ0) is 21.5. The fourth-order valence-electron chi connectivity index (χ4n) is 3.06. The maximum atomic E-state index is 12.5. The van der Waals surface area contributed by atoms with Gasteiger partial charge in [0.25, 0.3) is 0 Å². The van der Waals surface area contributed by atoms with Crippen LogP contribution < -0.4 is 9.47 Å². The SMILES string of the molecule is CCc1ccc(O[C@H](C)c2nnc(SCC(=O)c3ccc(OC)cc3)n2CC)cc1. The Bertz CT molecular complexity index is 968. The summed E-state index contributed by atoms with van der Waals surface area (Å²) in [6, 6.07) is 15.2. The zero-order valence-corrected chi connectivity index (χ0v) is 18.6. The lowest BCUT2D eigenvalue weighted by Crippen LogP contribution is -2.12. The third kappa shape index (κ3) is 5.21. The summed E-state index contributed by atoms with van der Waals surface area (Å²) >= 11 is 1.39. The predicted octanol–water partition coefficient (Wildman–Crippen LogP) is 4.98. The average Bonchev–Trinajstić information content (AvgIpc) is 3.21. The second-order valence-corrected chi connectivity index (χ2v) is 7.73. The summed E-state index contributed by atoms with van der Waals surface area (Å²) in [5, 5.41) is 9.34. The van der Waals surface area contributed by atoms with E-state index < -0.39 is 0 Å². The van der Waals surface area contributed by atoms with E-state index in [2.05, 4.69) is 29.3 Å². The molecule has 1 aromatic heterocycles. The molecule has 158 valence electrons. The van der Waals surface area contributed by atoms with E-state index in [1.54, 1.807) is 31.4 Å². The Labute approximate surface area is 181 Å². The molecule has 0 saturated carbocycles. The molecule has 0 amide bonds. The first-order chi connectivity index (χ1) is 14.5. The van der Waals surface area contributed by atoms with Gasteiger partial charge in [0.15, 0.2) is 22.9 Å². The summed E-state index contributed by atoms with van der Waals surface area (Å²) in [5.74, 6) is 2.60. The Morgan fingerprint density at radius 3 is 2.30 bits per heavy atom. The summed E-state index contributed by atoms with van der Waals surface area (Å²) in [6.07, 6.45) is 0.743. The summed E-state index contributed by atoms with van der Waals surface area (Å²) in [5.41, 5.74) is 1.92. The second-order valence-electron chi connectivity index (χ2n) is 6.78. The number of rotatable bonds is 10. The highest BCUT2D eigenvalue weighted by molar-refractivity contribution is 7.99. The van der Waals surface area contributed by atoms with Crippen molar-refractivity contribution in [1.29, 1.82) is 0 Å². The molecule has 6 nitrogen and oxygen atoms in total. The van der Waals surface area contributed by atoms with Crippen molar-refractivity contribution in [2.45, 2.75) is 45.0 Å². The van der Waals surface area contributed by atoms with Gasteiger partial charge in [0.1, 0.15) is 11.5 Å². The lowest BCUT2D eigenvalue weighted by atomic mass is 10.1. The predicted molar refractivity (Wildman–Crippen MR) is 119 cm³/mol. The molecule has 0 radical (unpaired) electrons. The molecule has 0 spiro atoms. The highest BCUT2D eigenvalue weighted by atomic mass is 32.2. The molecule has 7 heteroatoms. The van der Waals surface area contributed by atoms with Crippen molar-refractivity contribution in [3.63, 3.8) is 0 Å². The van der Waals surface area contributed by atoms with Crippen molar-refractivity contribution in [2.24, 2.45) is 0 Å². The van der Waals surface area contributed by atoms with Gasteiger partial charge in [0, 0.05) is 12.1 Å². The van der Waals surface area contributed by atoms with Crippen molar-refractivity contribution in [3.05, 3.63) is 65.5 Å². The minimum atomic E-state index is -0.253. The van der Waals surface area contributed by atoms with Gasteiger partial charge in [-0.3, -0.25) is 4.79 Å². The van der Waals surface area contributed by atoms with Gasteiger partial charge in [-0.1, -0.05) is 30.8 Å². The molecule has 0 aliphatic rings. The number of hydrogen-bond donors (Lipinski definition) is 0. The Kier molecular flexibility index (Phi) is 7.52. The number of Topliss-reactive ketones (excluding diaryl/α,β-unsaturated/α-hetero) is 1. The molecule has 30 heavy (non-hydrogen) atoms. The van der Waals surface area contributed by atoms with Crippen LogP contribution in [0.4, 0.5) is 0 Å². The van der Waals surface area contributed by atoms with Gasteiger partial charge in [-0.25, -0.2) is 0 Å². The standard InChI is InChI=1S/C23H27N3O3S/c1-5-17-7-11-20(12-8-17)29-16(3)22-24-25-23(26(22)6-2)30-15-21(27)18-9-13-19(28-4)14-10-18/h7-14,16H,5-6,15H2,1-4H3/t16-/m1/s1. The second kappa shape index (κ2) is 10.3. The van der Waals surface area contributed by atoms with E-state index in [9.17, 15) is 4.79 Å². The van der Waals surface area contributed by atoms with E-state index in [1.165, 1.54) is 17.3 Å². The molecule has 0 N–H and O–H groups in total. The van der Waals surface area contributed by atoms with Crippen LogP contribution in [0.2, 0.25) is 0 Å². The van der Waals surface area contributed by atoms with Crippen molar-refractivity contribution < 1.29 is 14.3 Å². The van der Waals surface area contributed by atoms with E-state index in [4.69, 9.17) is 9.47 Å². The fraction of sp³-hybridized carbons (Fsp3) is 0.348. The lowest BCUT2D eigenvalue weighted by molar-refractivity contribution is 0.102. The normalized spacial score (nSPS) is 11.9. The van der Waals surface area contributed by atoms with Gasteiger partial charge in [-0.2, -0.15) is 0 Å². The molecule has 1 atom stereocenters. The van der Waals surface area contributed by atoms with Crippen LogP contribution in [0.3, 0.4) is 0 Å². The van der Waals surface area contributed by atoms with Crippen molar-refractivity contribution in [3.8, 4) is 11.5 Å². The van der Waals surface area contributed by atoms with Gasteiger partial charge >= 0.3 is 0 Å². The van der Waals surface area contributed by atoms with Gasteiger partial charge in [-0.05, 0) is 62.2 Å². The number of nitrogens with zero attached hydrogens (tertiary/aromatic N) is 3. The Balaban J connectivity index is 1.65. The van der Waals surface area contributed by atoms with Crippen LogP contribution in [0.25, 0.3) is 0 Å². The first-order valence-corrected chi connectivity index (χ1v) is 11.0. The summed E-state index contributed by atoms with van der Waals surface area (Å²) in [7, 11) is 1.60. The molecule has 0 bridgehead atoms. The van der Waals surface area contributed by atoms with E-state index >= 15 is 0 Å². The van der Waals surface area contributed by atoms with E-state index in [1.807, 2.05) is 30.5 Å². The van der Waals surface area contributed by atoms with Crippen molar-refractivity contribution in [2.75, 3.05) is 12.9 Å². The van der Waals surface area contributed by atoms with Crippen LogP contribution in [0, 0.1) is 0 Å². The minimum absolute atomic E-state index is 0.0372. The fourth-order valence-corrected chi connectivity index (χ4v) is 3.96. The molecule has 0 aliphatic carbocycles. The minimum Gasteiger partial charge on any atom is -0.497 e. The first-order valence-electron chi connectivity index (χ1n) is 10.0. The maximum absolute atomic E-state index is 12.5.